The summed E-state index contributed by atoms with van der Waals surface area (Å²) in [6.45, 7) is 2.24. The number of unbranched alkanes of at least 4 members (excludes halogenated alkanes) is 7. The Morgan fingerprint density at radius 1 is 0.917 bits per heavy atom. The SMILES string of the molecule is CCCCCCCCCCc1ccc(NC(=O)/C=C\C(=O)O)cc1. The van der Waals surface area contributed by atoms with Crippen molar-refractivity contribution in [1.82, 2.24) is 0 Å². The van der Waals surface area contributed by atoms with Crippen LogP contribution in [0, 0.1) is 0 Å². The Bertz CT molecular complexity index is 520. The molecule has 132 valence electrons. The molecule has 0 bridgehead atoms. The molecule has 0 spiro atoms. The van der Waals surface area contributed by atoms with E-state index < -0.39 is 11.9 Å². The molecule has 1 amide bonds. The van der Waals surface area contributed by atoms with Crippen LogP contribution in [0.15, 0.2) is 36.4 Å². The molecular formula is C20H29NO3. The van der Waals surface area contributed by atoms with Gasteiger partial charge in [-0.2, -0.15) is 0 Å². The van der Waals surface area contributed by atoms with Gasteiger partial charge in [0.15, 0.2) is 0 Å². The van der Waals surface area contributed by atoms with Crippen LogP contribution in [0.25, 0.3) is 0 Å². The van der Waals surface area contributed by atoms with E-state index in [1.165, 1.54) is 56.9 Å². The quantitative estimate of drug-likeness (QED) is 0.421. The van der Waals surface area contributed by atoms with Gasteiger partial charge in [0.1, 0.15) is 0 Å². The van der Waals surface area contributed by atoms with Gasteiger partial charge in [0.25, 0.3) is 0 Å². The maximum absolute atomic E-state index is 11.5. The van der Waals surface area contributed by atoms with Crippen LogP contribution in [0.4, 0.5) is 5.69 Å². The van der Waals surface area contributed by atoms with E-state index in [0.29, 0.717) is 5.69 Å². The number of carbonyl (C=O) groups is 2. The van der Waals surface area contributed by atoms with E-state index in [4.69, 9.17) is 5.11 Å². The van der Waals surface area contributed by atoms with E-state index in [1.54, 1.807) is 0 Å². The molecular weight excluding hydrogens is 302 g/mol. The van der Waals surface area contributed by atoms with Gasteiger partial charge in [-0.3, -0.25) is 4.79 Å². The summed E-state index contributed by atoms with van der Waals surface area (Å²) in [4.78, 5) is 21.8. The smallest absolute Gasteiger partial charge is 0.328 e. The van der Waals surface area contributed by atoms with Crippen LogP contribution in [0.1, 0.15) is 63.9 Å². The fourth-order valence-electron chi connectivity index (χ4n) is 2.55. The van der Waals surface area contributed by atoms with Gasteiger partial charge in [-0.05, 0) is 30.5 Å². The second kappa shape index (κ2) is 12.3. The van der Waals surface area contributed by atoms with Crippen LogP contribution in [-0.4, -0.2) is 17.0 Å². The van der Waals surface area contributed by atoms with Crippen LogP contribution in [0.3, 0.4) is 0 Å². The van der Waals surface area contributed by atoms with Gasteiger partial charge in [0.2, 0.25) is 5.91 Å². The van der Waals surface area contributed by atoms with Crippen LogP contribution < -0.4 is 5.32 Å². The highest BCUT2D eigenvalue weighted by molar-refractivity contribution is 6.02. The number of anilines is 1. The lowest BCUT2D eigenvalue weighted by atomic mass is 10.0. The van der Waals surface area contributed by atoms with Crippen LogP contribution in [0.5, 0.6) is 0 Å². The molecule has 0 saturated heterocycles. The van der Waals surface area contributed by atoms with E-state index in [9.17, 15) is 9.59 Å². The van der Waals surface area contributed by atoms with Crippen molar-refractivity contribution in [3.05, 3.63) is 42.0 Å². The first-order valence-electron chi connectivity index (χ1n) is 8.92. The number of hydrogen-bond donors (Lipinski definition) is 2. The number of aryl methyl sites for hydroxylation is 1. The van der Waals surface area contributed by atoms with Crippen LogP contribution in [0.2, 0.25) is 0 Å². The molecule has 24 heavy (non-hydrogen) atoms. The molecule has 0 fully saturated rings. The minimum Gasteiger partial charge on any atom is -0.478 e. The molecule has 0 atom stereocenters. The summed E-state index contributed by atoms with van der Waals surface area (Å²) in [5, 5.41) is 11.1. The number of benzene rings is 1. The highest BCUT2D eigenvalue weighted by Gasteiger charge is 2.00. The number of amides is 1. The van der Waals surface area contributed by atoms with Crippen molar-refractivity contribution in [3.8, 4) is 0 Å². The monoisotopic (exact) mass is 331 g/mol. The van der Waals surface area contributed by atoms with E-state index in [1.807, 2.05) is 24.3 Å². The molecule has 0 radical (unpaired) electrons. The zero-order valence-corrected chi connectivity index (χ0v) is 14.6. The highest BCUT2D eigenvalue weighted by Crippen LogP contribution is 2.14. The third-order valence-corrected chi connectivity index (χ3v) is 3.92. The maximum atomic E-state index is 11.5. The molecule has 0 unspecified atom stereocenters. The topological polar surface area (TPSA) is 66.4 Å². The molecule has 4 heteroatoms. The Morgan fingerprint density at radius 3 is 2.08 bits per heavy atom. The zero-order valence-electron chi connectivity index (χ0n) is 14.6. The first kappa shape index (κ1) is 19.9. The first-order chi connectivity index (χ1) is 11.6. The molecule has 1 rings (SSSR count). The van der Waals surface area contributed by atoms with E-state index >= 15 is 0 Å². The van der Waals surface area contributed by atoms with Gasteiger partial charge < -0.3 is 10.4 Å². The van der Waals surface area contributed by atoms with Gasteiger partial charge in [0, 0.05) is 17.8 Å². The van der Waals surface area contributed by atoms with Gasteiger partial charge in [0.05, 0.1) is 0 Å². The normalized spacial score (nSPS) is 10.9. The van der Waals surface area contributed by atoms with E-state index in [-0.39, 0.29) is 0 Å². The van der Waals surface area contributed by atoms with Gasteiger partial charge in [-0.25, -0.2) is 4.79 Å². The van der Waals surface area contributed by atoms with Gasteiger partial charge in [-0.1, -0.05) is 64.0 Å². The maximum Gasteiger partial charge on any atom is 0.328 e. The van der Waals surface area contributed by atoms with E-state index in [0.717, 1.165) is 18.6 Å². The lowest BCUT2D eigenvalue weighted by molar-refractivity contribution is -0.131. The molecule has 0 saturated carbocycles. The number of nitrogens with one attached hydrogen (secondary N) is 1. The second-order valence-corrected chi connectivity index (χ2v) is 6.08. The fourth-order valence-corrected chi connectivity index (χ4v) is 2.55. The first-order valence-corrected chi connectivity index (χ1v) is 8.92. The minimum atomic E-state index is -1.13. The number of carboxylic acids is 1. The summed E-state index contributed by atoms with van der Waals surface area (Å²) in [6.07, 6.45) is 13.4. The Labute approximate surface area is 145 Å². The van der Waals surface area contributed by atoms with Gasteiger partial charge in [-0.15, -0.1) is 0 Å². The van der Waals surface area contributed by atoms with Crippen molar-refractivity contribution in [2.75, 3.05) is 5.32 Å². The molecule has 0 heterocycles. The largest absolute Gasteiger partial charge is 0.478 e. The molecule has 0 aliphatic rings. The molecule has 4 nitrogen and oxygen atoms in total. The number of aliphatic carboxylic acids is 1. The molecule has 0 aliphatic heterocycles. The van der Waals surface area contributed by atoms with Crippen molar-refractivity contribution in [2.24, 2.45) is 0 Å². The summed E-state index contributed by atoms with van der Waals surface area (Å²) >= 11 is 0. The molecule has 0 aliphatic carbocycles. The highest BCUT2D eigenvalue weighted by atomic mass is 16.4. The summed E-state index contributed by atoms with van der Waals surface area (Å²) < 4.78 is 0. The van der Waals surface area contributed by atoms with Gasteiger partial charge >= 0.3 is 5.97 Å². The number of hydrogen-bond acceptors (Lipinski definition) is 2. The number of carboxylic acid groups (broad SMARTS) is 1. The van der Waals surface area contributed by atoms with E-state index in [2.05, 4.69) is 12.2 Å². The zero-order chi connectivity index (χ0) is 17.6. The Morgan fingerprint density at radius 2 is 1.50 bits per heavy atom. The van der Waals surface area contributed by atoms with Crippen molar-refractivity contribution in [3.63, 3.8) is 0 Å². The van der Waals surface area contributed by atoms with Crippen molar-refractivity contribution in [1.29, 1.82) is 0 Å². The lowest BCUT2D eigenvalue weighted by Crippen LogP contribution is -2.08. The summed E-state index contributed by atoms with van der Waals surface area (Å²) in [6, 6.07) is 7.73. The molecule has 1 aromatic rings. The predicted octanol–water partition coefficient (Wildman–Crippen LogP) is 4.95. The second-order valence-electron chi connectivity index (χ2n) is 6.08. The minimum absolute atomic E-state index is 0.437. The van der Waals surface area contributed by atoms with Crippen molar-refractivity contribution >= 4 is 17.6 Å². The Kier molecular flexibility index (Phi) is 10.3. The standard InChI is InChI=1S/C20H29NO3/c1-2-3-4-5-6-7-8-9-10-17-11-13-18(14-12-17)21-19(22)15-16-20(23)24/h11-16H,2-10H2,1H3,(H,21,22)(H,23,24)/b16-15-. The third-order valence-electron chi connectivity index (χ3n) is 3.92. The summed E-state index contributed by atoms with van der Waals surface area (Å²) in [5.74, 6) is -1.57. The van der Waals surface area contributed by atoms with Crippen molar-refractivity contribution in [2.45, 2.75) is 64.7 Å². The predicted molar refractivity (Wildman–Crippen MR) is 98.2 cm³/mol. The lowest BCUT2D eigenvalue weighted by Gasteiger charge is -2.05. The average molecular weight is 331 g/mol. The molecule has 2 N–H and O–H groups in total. The van der Waals surface area contributed by atoms with Crippen molar-refractivity contribution < 1.29 is 14.7 Å². The van der Waals surface area contributed by atoms with Crippen LogP contribution >= 0.6 is 0 Å². The number of rotatable bonds is 12. The Balaban J connectivity index is 2.20. The fraction of sp³-hybridized carbons (Fsp3) is 0.500. The Hall–Kier alpha value is -2.10. The molecule has 1 aromatic carbocycles. The summed E-state index contributed by atoms with van der Waals surface area (Å²) in [5.41, 5.74) is 1.94. The molecule has 0 aromatic heterocycles. The number of carbonyl (C=O) groups excluding carboxylic acids is 1. The van der Waals surface area contributed by atoms with Crippen LogP contribution in [-0.2, 0) is 16.0 Å². The summed E-state index contributed by atoms with van der Waals surface area (Å²) in [7, 11) is 0. The average Bonchev–Trinajstić information content (AvgIpc) is 2.57. The third kappa shape index (κ3) is 9.82.